The zero-order chi connectivity index (χ0) is 22.6. The molecule has 0 unspecified atom stereocenters. The maximum absolute atomic E-state index is 13.8. The molecule has 3 aromatic carbocycles. The Labute approximate surface area is 189 Å². The van der Waals surface area contributed by atoms with Crippen LogP contribution in [0.25, 0.3) is 10.8 Å². The number of halogens is 1. The fraction of sp³-hybridized carbons (Fsp3) is 0.0769. The highest BCUT2D eigenvalue weighted by molar-refractivity contribution is 6.02. The van der Waals surface area contributed by atoms with Crippen molar-refractivity contribution in [2.75, 3.05) is 5.32 Å². The molecule has 5 rings (SSSR count). The average Bonchev–Trinajstić information content (AvgIpc) is 3.49. The molecule has 1 N–H and O–H groups in total. The normalized spacial score (nSPS) is 10.9. The third-order valence-electron chi connectivity index (χ3n) is 5.17. The van der Waals surface area contributed by atoms with Crippen LogP contribution < -0.4 is 10.1 Å². The molecule has 6 nitrogen and oxygen atoms in total. The zero-order valence-electron chi connectivity index (χ0n) is 17.6. The van der Waals surface area contributed by atoms with Crippen molar-refractivity contribution in [3.8, 4) is 5.75 Å². The Hall–Kier alpha value is -4.39. The summed E-state index contributed by atoms with van der Waals surface area (Å²) in [7, 11) is 0. The Morgan fingerprint density at radius 3 is 2.70 bits per heavy atom. The van der Waals surface area contributed by atoms with Crippen molar-refractivity contribution in [1.29, 1.82) is 0 Å². The third-order valence-corrected chi connectivity index (χ3v) is 5.17. The van der Waals surface area contributed by atoms with E-state index < -0.39 is 5.91 Å². The molecular weight excluding hydrogens is 421 g/mol. The summed E-state index contributed by atoms with van der Waals surface area (Å²) in [5.74, 6) is 0.709. The number of amides is 1. The van der Waals surface area contributed by atoms with Crippen molar-refractivity contribution in [3.05, 3.63) is 114 Å². The number of furan rings is 1. The number of fused-ring (bicyclic) bond motifs is 1. The molecule has 1 amide bonds. The van der Waals surface area contributed by atoms with Crippen LogP contribution in [-0.2, 0) is 13.2 Å². The minimum Gasteiger partial charge on any atom is -0.486 e. The van der Waals surface area contributed by atoms with Crippen LogP contribution in [0.2, 0.25) is 0 Å². The molecule has 0 radical (unpaired) electrons. The van der Waals surface area contributed by atoms with E-state index in [0.29, 0.717) is 17.0 Å². The van der Waals surface area contributed by atoms with Gasteiger partial charge in [0.2, 0.25) is 0 Å². The first-order valence-electron chi connectivity index (χ1n) is 10.4. The topological polar surface area (TPSA) is 69.3 Å². The molecule has 0 fully saturated rings. The number of carbonyl (C=O) groups excluding carboxylic acids is 1. The van der Waals surface area contributed by atoms with Crippen LogP contribution in [-0.4, -0.2) is 15.7 Å². The number of hydrogen-bond acceptors (Lipinski definition) is 4. The molecule has 0 aliphatic heterocycles. The Morgan fingerprint density at radius 2 is 1.82 bits per heavy atom. The molecule has 0 bridgehead atoms. The van der Waals surface area contributed by atoms with Crippen molar-refractivity contribution in [2.45, 2.75) is 13.2 Å². The van der Waals surface area contributed by atoms with Gasteiger partial charge in [-0.05, 0) is 41.1 Å². The first-order chi connectivity index (χ1) is 16.1. The van der Waals surface area contributed by atoms with Crippen LogP contribution in [0.3, 0.4) is 0 Å². The number of hydrogen-bond donors (Lipinski definition) is 1. The lowest BCUT2D eigenvalue weighted by Gasteiger charge is -2.06. The average molecular weight is 441 g/mol. The molecule has 7 heteroatoms. The van der Waals surface area contributed by atoms with Crippen LogP contribution in [0.5, 0.6) is 5.75 Å². The third kappa shape index (κ3) is 4.77. The van der Waals surface area contributed by atoms with Crippen LogP contribution in [0.4, 0.5) is 10.1 Å². The number of benzene rings is 3. The van der Waals surface area contributed by atoms with E-state index in [0.717, 1.165) is 16.5 Å². The summed E-state index contributed by atoms with van der Waals surface area (Å²) in [6, 6.07) is 23.7. The lowest BCUT2D eigenvalue weighted by molar-refractivity contribution is 0.0992. The van der Waals surface area contributed by atoms with Crippen molar-refractivity contribution < 1.29 is 18.3 Å². The summed E-state index contributed by atoms with van der Waals surface area (Å²) in [4.78, 5) is 12.5. The van der Waals surface area contributed by atoms with E-state index in [4.69, 9.17) is 9.15 Å². The van der Waals surface area contributed by atoms with E-state index in [9.17, 15) is 9.18 Å². The molecule has 2 aromatic heterocycles. The first-order valence-corrected chi connectivity index (χ1v) is 10.4. The van der Waals surface area contributed by atoms with Gasteiger partial charge < -0.3 is 14.5 Å². The molecule has 0 saturated heterocycles. The van der Waals surface area contributed by atoms with Gasteiger partial charge in [0.15, 0.2) is 5.76 Å². The molecule has 0 atom stereocenters. The van der Waals surface area contributed by atoms with Crippen molar-refractivity contribution in [3.63, 3.8) is 0 Å². The lowest BCUT2D eigenvalue weighted by Crippen LogP contribution is -2.10. The summed E-state index contributed by atoms with van der Waals surface area (Å²) >= 11 is 0. The fourth-order valence-corrected chi connectivity index (χ4v) is 3.50. The number of ether oxygens (including phenoxy) is 1. The zero-order valence-corrected chi connectivity index (χ0v) is 17.6. The SMILES string of the molecule is O=C(Nc1cnn(Cc2ccccc2F)c1)c1ccc(COc2ccc3ccccc3c2)o1. The molecule has 0 aliphatic carbocycles. The smallest absolute Gasteiger partial charge is 0.291 e. The molecule has 33 heavy (non-hydrogen) atoms. The molecule has 2 heterocycles. The standard InChI is InChI=1S/C26H20FN3O3/c27-24-8-4-3-7-20(24)15-30-16-21(14-28-30)29-26(31)25-12-11-23(33-25)17-32-22-10-9-18-5-1-2-6-19(18)13-22/h1-14,16H,15,17H2,(H,29,31). The highest BCUT2D eigenvalue weighted by atomic mass is 19.1. The van der Waals surface area contributed by atoms with E-state index in [-0.39, 0.29) is 24.7 Å². The van der Waals surface area contributed by atoms with Crippen molar-refractivity contribution in [1.82, 2.24) is 9.78 Å². The summed E-state index contributed by atoms with van der Waals surface area (Å²) < 4.78 is 26.8. The van der Waals surface area contributed by atoms with Gasteiger partial charge in [-0.3, -0.25) is 9.48 Å². The predicted octanol–water partition coefficient (Wildman–Crippen LogP) is 5.65. The Morgan fingerprint density at radius 1 is 1.00 bits per heavy atom. The predicted molar refractivity (Wildman–Crippen MR) is 123 cm³/mol. The van der Waals surface area contributed by atoms with Gasteiger partial charge in [0.05, 0.1) is 18.4 Å². The summed E-state index contributed by atoms with van der Waals surface area (Å²) in [5, 5.41) is 9.14. The second-order valence-corrected chi connectivity index (χ2v) is 7.54. The van der Waals surface area contributed by atoms with Gasteiger partial charge in [-0.15, -0.1) is 0 Å². The van der Waals surface area contributed by atoms with Crippen LogP contribution in [0, 0.1) is 5.82 Å². The largest absolute Gasteiger partial charge is 0.486 e. The van der Waals surface area contributed by atoms with Gasteiger partial charge in [0.25, 0.3) is 5.91 Å². The highest BCUT2D eigenvalue weighted by Gasteiger charge is 2.13. The number of anilines is 1. The lowest BCUT2D eigenvalue weighted by atomic mass is 10.1. The maximum Gasteiger partial charge on any atom is 0.291 e. The van der Waals surface area contributed by atoms with Gasteiger partial charge in [-0.2, -0.15) is 5.10 Å². The second kappa shape index (κ2) is 9.00. The van der Waals surface area contributed by atoms with Crippen LogP contribution in [0.15, 0.2) is 95.7 Å². The second-order valence-electron chi connectivity index (χ2n) is 7.54. The molecule has 0 aliphatic rings. The minimum absolute atomic E-state index is 0.161. The Bertz CT molecular complexity index is 1420. The van der Waals surface area contributed by atoms with Gasteiger partial charge in [0.1, 0.15) is 23.9 Å². The van der Waals surface area contributed by atoms with Crippen LogP contribution >= 0.6 is 0 Å². The van der Waals surface area contributed by atoms with E-state index in [2.05, 4.69) is 10.4 Å². The number of nitrogens with one attached hydrogen (secondary N) is 1. The van der Waals surface area contributed by atoms with E-state index >= 15 is 0 Å². The van der Waals surface area contributed by atoms with Gasteiger partial charge in [-0.25, -0.2) is 4.39 Å². The molecule has 164 valence electrons. The quantitative estimate of drug-likeness (QED) is 0.354. The number of nitrogens with zero attached hydrogens (tertiary/aromatic N) is 2. The van der Waals surface area contributed by atoms with Crippen LogP contribution in [0.1, 0.15) is 21.9 Å². The Balaban J connectivity index is 1.19. The summed E-state index contributed by atoms with van der Waals surface area (Å²) in [6.07, 6.45) is 3.14. The van der Waals surface area contributed by atoms with Gasteiger partial charge in [0, 0.05) is 11.8 Å². The monoisotopic (exact) mass is 441 g/mol. The minimum atomic E-state index is -0.405. The molecule has 5 aromatic rings. The summed E-state index contributed by atoms with van der Waals surface area (Å²) in [6.45, 7) is 0.464. The van der Waals surface area contributed by atoms with Crippen molar-refractivity contribution in [2.24, 2.45) is 0 Å². The Kier molecular flexibility index (Phi) is 5.59. The molecular formula is C26H20FN3O3. The number of rotatable bonds is 7. The van der Waals surface area contributed by atoms with Crippen molar-refractivity contribution >= 4 is 22.4 Å². The van der Waals surface area contributed by atoms with E-state index in [1.807, 2.05) is 42.5 Å². The molecule has 0 saturated carbocycles. The number of aromatic nitrogens is 2. The number of carbonyl (C=O) groups is 1. The van der Waals surface area contributed by atoms with E-state index in [1.165, 1.54) is 12.3 Å². The first kappa shape index (κ1) is 20.5. The van der Waals surface area contributed by atoms with E-state index in [1.54, 1.807) is 41.2 Å². The van der Waals surface area contributed by atoms with Gasteiger partial charge >= 0.3 is 0 Å². The maximum atomic E-state index is 13.8. The molecule has 0 spiro atoms. The van der Waals surface area contributed by atoms with Gasteiger partial charge in [-0.1, -0.05) is 48.5 Å². The summed E-state index contributed by atoms with van der Waals surface area (Å²) in [5.41, 5.74) is 1.00. The fourth-order valence-electron chi connectivity index (χ4n) is 3.50. The highest BCUT2D eigenvalue weighted by Crippen LogP contribution is 2.22.